The van der Waals surface area contributed by atoms with Gasteiger partial charge >= 0.3 is 0 Å². The fraction of sp³-hybridized carbons (Fsp3) is 0.304. The lowest BCUT2D eigenvalue weighted by atomic mass is 9.99. The minimum Gasteiger partial charge on any atom is -0.495 e. The summed E-state index contributed by atoms with van der Waals surface area (Å²) in [7, 11) is 1.53. The first-order chi connectivity index (χ1) is 14.7. The molecule has 162 valence electrons. The number of aromatic nitrogens is 2. The fourth-order valence-corrected chi connectivity index (χ4v) is 3.61. The van der Waals surface area contributed by atoms with Crippen LogP contribution in [0.1, 0.15) is 48.4 Å². The van der Waals surface area contributed by atoms with Crippen molar-refractivity contribution in [2.75, 3.05) is 12.0 Å². The van der Waals surface area contributed by atoms with Gasteiger partial charge in [-0.3, -0.25) is 14.5 Å². The van der Waals surface area contributed by atoms with E-state index in [1.807, 2.05) is 58.0 Å². The number of hydrogen-bond donors (Lipinski definition) is 1. The molecular formula is C23H26N4O3S. The molecule has 8 heteroatoms. The molecule has 3 aromatic rings. The molecule has 31 heavy (non-hydrogen) atoms. The van der Waals surface area contributed by atoms with Crippen molar-refractivity contribution in [3.05, 3.63) is 70.7 Å². The summed E-state index contributed by atoms with van der Waals surface area (Å²) in [5.74, 6) is -0.272. The summed E-state index contributed by atoms with van der Waals surface area (Å²) in [6, 6.07) is 13.7. The van der Waals surface area contributed by atoms with Crippen molar-refractivity contribution >= 4 is 29.0 Å². The van der Waals surface area contributed by atoms with Gasteiger partial charge in [-0.25, -0.2) is 0 Å². The van der Waals surface area contributed by atoms with Crippen molar-refractivity contribution in [1.82, 2.24) is 14.9 Å². The van der Waals surface area contributed by atoms with Gasteiger partial charge in [-0.2, -0.15) is 0 Å². The molecule has 0 aliphatic rings. The average molecular weight is 439 g/mol. The number of nitrogens with zero attached hydrogens (tertiary/aromatic N) is 3. The Labute approximate surface area is 186 Å². The van der Waals surface area contributed by atoms with E-state index in [9.17, 15) is 9.59 Å². The third-order valence-electron chi connectivity index (χ3n) is 4.54. The van der Waals surface area contributed by atoms with Gasteiger partial charge in [0.2, 0.25) is 5.91 Å². The first kappa shape index (κ1) is 22.4. The van der Waals surface area contributed by atoms with Crippen molar-refractivity contribution < 1.29 is 14.3 Å². The van der Waals surface area contributed by atoms with E-state index in [0.717, 1.165) is 17.1 Å². The van der Waals surface area contributed by atoms with Crippen molar-refractivity contribution in [3.63, 3.8) is 0 Å². The van der Waals surface area contributed by atoms with Crippen LogP contribution in [0.4, 0.5) is 5.69 Å². The topological polar surface area (TPSA) is 84.4 Å². The average Bonchev–Trinajstić information content (AvgIpc) is 3.26. The summed E-state index contributed by atoms with van der Waals surface area (Å²) >= 11 is 1.08. The third-order valence-corrected chi connectivity index (χ3v) is 5.05. The molecule has 0 spiro atoms. The summed E-state index contributed by atoms with van der Waals surface area (Å²) in [5, 5.41) is 8.53. The largest absolute Gasteiger partial charge is 0.495 e. The molecule has 0 saturated carbocycles. The molecule has 0 saturated heterocycles. The van der Waals surface area contributed by atoms with Gasteiger partial charge in [-0.15, -0.1) is 5.10 Å². The van der Waals surface area contributed by atoms with Gasteiger partial charge in [0.25, 0.3) is 5.91 Å². The van der Waals surface area contributed by atoms with Crippen LogP contribution in [-0.2, 0) is 4.79 Å². The zero-order valence-electron chi connectivity index (χ0n) is 18.2. The number of amides is 2. The van der Waals surface area contributed by atoms with Crippen LogP contribution in [0.5, 0.6) is 5.75 Å². The van der Waals surface area contributed by atoms with E-state index in [1.54, 1.807) is 23.6 Å². The lowest BCUT2D eigenvalue weighted by molar-refractivity contribution is -0.123. The van der Waals surface area contributed by atoms with E-state index in [-0.39, 0.29) is 11.6 Å². The number of carbonyl (C=O) groups excluding carboxylic acids is 2. The van der Waals surface area contributed by atoms with E-state index < -0.39 is 17.5 Å². The van der Waals surface area contributed by atoms with Crippen LogP contribution in [0.25, 0.3) is 0 Å². The molecule has 0 fully saturated rings. The highest BCUT2D eigenvalue weighted by molar-refractivity contribution is 7.03. The fourth-order valence-electron chi connectivity index (χ4n) is 3.18. The number of benzene rings is 2. The molecule has 0 aliphatic carbocycles. The van der Waals surface area contributed by atoms with Gasteiger partial charge in [0.1, 0.15) is 11.8 Å². The minimum atomic E-state index is -0.940. The second-order valence-corrected chi connectivity index (χ2v) is 8.80. The van der Waals surface area contributed by atoms with Crippen LogP contribution in [0, 0.1) is 6.92 Å². The molecular weight excluding hydrogens is 412 g/mol. The molecule has 0 aliphatic heterocycles. The maximum absolute atomic E-state index is 13.6. The number of carbonyl (C=O) groups is 2. The number of rotatable bonds is 6. The number of hydrogen-bond acceptors (Lipinski definition) is 6. The Bertz CT molecular complexity index is 1040. The first-order valence-electron chi connectivity index (χ1n) is 9.83. The number of ether oxygens (including phenoxy) is 1. The number of anilines is 1. The molecule has 0 radical (unpaired) electrons. The Morgan fingerprint density at radius 2 is 1.77 bits per heavy atom. The summed E-state index contributed by atoms with van der Waals surface area (Å²) < 4.78 is 9.34. The Kier molecular flexibility index (Phi) is 6.70. The predicted octanol–water partition coefficient (Wildman–Crippen LogP) is 4.16. The Hall–Kier alpha value is -3.26. The van der Waals surface area contributed by atoms with E-state index in [1.165, 1.54) is 12.0 Å². The second-order valence-electron chi connectivity index (χ2n) is 8.19. The molecule has 1 aromatic heterocycles. The number of methoxy groups -OCH3 is 1. The minimum absolute atomic E-state index is 0.163. The van der Waals surface area contributed by atoms with Gasteiger partial charge < -0.3 is 10.1 Å². The molecule has 0 bridgehead atoms. The smallest absolute Gasteiger partial charge is 0.280 e. The molecule has 1 heterocycles. The monoisotopic (exact) mass is 438 g/mol. The van der Waals surface area contributed by atoms with E-state index >= 15 is 0 Å². The van der Waals surface area contributed by atoms with E-state index in [2.05, 4.69) is 14.9 Å². The Morgan fingerprint density at radius 1 is 1.10 bits per heavy atom. The molecule has 1 N–H and O–H groups in total. The zero-order chi connectivity index (χ0) is 22.6. The van der Waals surface area contributed by atoms with Gasteiger partial charge in [-0.05, 0) is 56.9 Å². The number of nitrogens with one attached hydrogen (secondary N) is 1. The maximum atomic E-state index is 13.6. The van der Waals surface area contributed by atoms with Crippen molar-refractivity contribution in [1.29, 1.82) is 0 Å². The molecule has 2 aromatic carbocycles. The second kappa shape index (κ2) is 9.26. The van der Waals surface area contributed by atoms with Crippen molar-refractivity contribution in [2.45, 2.75) is 39.3 Å². The van der Waals surface area contributed by atoms with Crippen LogP contribution in [-0.4, -0.2) is 34.1 Å². The van der Waals surface area contributed by atoms with Crippen molar-refractivity contribution in [2.24, 2.45) is 0 Å². The normalized spacial score (nSPS) is 12.2. The van der Waals surface area contributed by atoms with Crippen LogP contribution in [0.2, 0.25) is 0 Å². The van der Waals surface area contributed by atoms with Gasteiger partial charge in [0, 0.05) is 10.9 Å². The highest BCUT2D eigenvalue weighted by atomic mass is 32.1. The van der Waals surface area contributed by atoms with Crippen LogP contribution < -0.4 is 15.0 Å². The molecule has 1 atom stereocenters. The lowest BCUT2D eigenvalue weighted by Crippen LogP contribution is -2.49. The van der Waals surface area contributed by atoms with Crippen LogP contribution in [0.15, 0.2) is 53.9 Å². The lowest BCUT2D eigenvalue weighted by Gasteiger charge is -2.34. The van der Waals surface area contributed by atoms with Crippen LogP contribution >= 0.6 is 11.5 Å². The van der Waals surface area contributed by atoms with E-state index in [0.29, 0.717) is 17.0 Å². The zero-order valence-corrected chi connectivity index (χ0v) is 19.1. The van der Waals surface area contributed by atoms with E-state index in [4.69, 9.17) is 4.74 Å². The third kappa shape index (κ3) is 5.27. The maximum Gasteiger partial charge on any atom is 0.280 e. The number of aryl methyl sites for hydroxylation is 1. The summed E-state index contributed by atoms with van der Waals surface area (Å²) in [5.41, 5.74) is 1.87. The quantitative estimate of drug-likeness (QED) is 0.625. The van der Waals surface area contributed by atoms with Gasteiger partial charge in [0.15, 0.2) is 5.69 Å². The van der Waals surface area contributed by atoms with Gasteiger partial charge in [0.05, 0.1) is 12.8 Å². The molecule has 2 amide bonds. The predicted molar refractivity (Wildman–Crippen MR) is 122 cm³/mol. The SMILES string of the molecule is COc1ccccc1N(C(=O)c1csnn1)C(C(=O)NC(C)(C)C)c1ccc(C)cc1. The van der Waals surface area contributed by atoms with Crippen molar-refractivity contribution in [3.8, 4) is 5.75 Å². The first-order valence-corrected chi connectivity index (χ1v) is 10.7. The molecule has 1 unspecified atom stereocenters. The summed E-state index contributed by atoms with van der Waals surface area (Å²) in [6.07, 6.45) is 0. The van der Waals surface area contributed by atoms with Crippen LogP contribution in [0.3, 0.4) is 0 Å². The Morgan fingerprint density at radius 3 is 2.35 bits per heavy atom. The Balaban J connectivity index is 2.22. The number of para-hydroxylation sites is 2. The molecule has 7 nitrogen and oxygen atoms in total. The summed E-state index contributed by atoms with van der Waals surface area (Å²) in [4.78, 5) is 28.6. The standard InChI is InChI=1S/C23H26N4O3S/c1-15-10-12-16(13-11-15)20(21(28)24-23(2,3)4)27(22(29)17-14-31-26-25-17)18-8-6-7-9-19(18)30-5/h6-14,20H,1-5H3,(H,24,28). The molecule has 3 rings (SSSR count). The van der Waals surface area contributed by atoms with Gasteiger partial charge in [-0.1, -0.05) is 46.4 Å². The summed E-state index contributed by atoms with van der Waals surface area (Å²) in [6.45, 7) is 7.67. The highest BCUT2D eigenvalue weighted by Gasteiger charge is 2.37. The highest BCUT2D eigenvalue weighted by Crippen LogP contribution is 2.36.